The molecule has 0 amide bonds. The Morgan fingerprint density at radius 2 is 2.12 bits per heavy atom. The van der Waals surface area contributed by atoms with Gasteiger partial charge in [0, 0.05) is 16.9 Å². The summed E-state index contributed by atoms with van der Waals surface area (Å²) in [7, 11) is 0. The molecule has 2 aliphatic heterocycles. The number of piperidine rings is 1. The molecule has 0 saturated carbocycles. The van der Waals surface area contributed by atoms with Gasteiger partial charge in [-0.1, -0.05) is 12.2 Å². The first kappa shape index (κ1) is 11.1. The Morgan fingerprint density at radius 3 is 2.94 bits per heavy atom. The van der Waals surface area contributed by atoms with Crippen LogP contribution in [0.15, 0.2) is 22.0 Å². The van der Waals surface area contributed by atoms with E-state index in [0.717, 1.165) is 42.3 Å². The molecule has 90 valence electrons. The van der Waals surface area contributed by atoms with Gasteiger partial charge >= 0.3 is 0 Å². The summed E-state index contributed by atoms with van der Waals surface area (Å²) in [5.41, 5.74) is 2.25. The number of hydrogen-bond acceptors (Lipinski definition) is 3. The van der Waals surface area contributed by atoms with Crippen molar-refractivity contribution in [1.29, 1.82) is 0 Å². The first-order valence-corrected chi connectivity index (χ1v) is 7.10. The van der Waals surface area contributed by atoms with Crippen molar-refractivity contribution >= 4 is 17.8 Å². The number of thioether (sulfide) groups is 1. The second kappa shape index (κ2) is 4.70. The Hall–Kier alpha value is -1.00. The van der Waals surface area contributed by atoms with Crippen LogP contribution >= 0.6 is 11.8 Å². The zero-order valence-corrected chi connectivity index (χ0v) is 10.5. The van der Waals surface area contributed by atoms with Gasteiger partial charge in [0.25, 0.3) is 5.56 Å². The third-order valence-electron chi connectivity index (χ3n) is 3.46. The smallest absolute Gasteiger partial charge is 0.252 e. The summed E-state index contributed by atoms with van der Waals surface area (Å²) in [6.45, 7) is 2.04. The molecule has 17 heavy (non-hydrogen) atoms. The van der Waals surface area contributed by atoms with Crippen molar-refractivity contribution in [2.24, 2.45) is 0 Å². The van der Waals surface area contributed by atoms with Gasteiger partial charge in [-0.05, 0) is 37.9 Å². The van der Waals surface area contributed by atoms with Crippen LogP contribution in [0.25, 0.3) is 6.08 Å². The lowest BCUT2D eigenvalue weighted by Crippen LogP contribution is -2.29. The molecular weight excluding hydrogens is 232 g/mol. The van der Waals surface area contributed by atoms with E-state index in [-0.39, 0.29) is 5.56 Å². The maximum Gasteiger partial charge on any atom is 0.252 e. The molecule has 0 unspecified atom stereocenters. The maximum atomic E-state index is 12.1. The van der Waals surface area contributed by atoms with Crippen LogP contribution in [-0.4, -0.2) is 23.8 Å². The summed E-state index contributed by atoms with van der Waals surface area (Å²) in [6, 6.07) is 2.09. The summed E-state index contributed by atoms with van der Waals surface area (Å²) in [6.07, 6.45) is 6.40. The largest absolute Gasteiger partial charge is 0.317 e. The number of hydrogen-bond donors (Lipinski definition) is 2. The summed E-state index contributed by atoms with van der Waals surface area (Å²) in [4.78, 5) is 15.1. The molecule has 0 radical (unpaired) electrons. The van der Waals surface area contributed by atoms with Gasteiger partial charge in [0.2, 0.25) is 0 Å². The fraction of sp³-hybridized carbons (Fsp3) is 0.462. The SMILES string of the molecule is O=c1[nH]c2c(cc1C1CCNCC1)C=CCS2. The van der Waals surface area contributed by atoms with Crippen LogP contribution in [0, 0.1) is 0 Å². The van der Waals surface area contributed by atoms with Crippen molar-refractivity contribution in [2.75, 3.05) is 18.8 Å². The summed E-state index contributed by atoms with van der Waals surface area (Å²) in [5, 5.41) is 4.36. The molecule has 3 nitrogen and oxygen atoms in total. The number of nitrogens with one attached hydrogen (secondary N) is 2. The van der Waals surface area contributed by atoms with E-state index >= 15 is 0 Å². The van der Waals surface area contributed by atoms with Crippen LogP contribution in [-0.2, 0) is 0 Å². The Bertz CT molecular complexity index is 501. The summed E-state index contributed by atoms with van der Waals surface area (Å²) in [5.74, 6) is 1.38. The Morgan fingerprint density at radius 1 is 1.29 bits per heavy atom. The van der Waals surface area contributed by atoms with Crippen molar-refractivity contribution in [3.63, 3.8) is 0 Å². The molecule has 3 heterocycles. The monoisotopic (exact) mass is 248 g/mol. The van der Waals surface area contributed by atoms with Crippen LogP contribution in [0.4, 0.5) is 0 Å². The van der Waals surface area contributed by atoms with E-state index in [2.05, 4.69) is 28.5 Å². The molecule has 4 heteroatoms. The van der Waals surface area contributed by atoms with Gasteiger partial charge in [-0.3, -0.25) is 4.79 Å². The summed E-state index contributed by atoms with van der Waals surface area (Å²) < 4.78 is 0. The van der Waals surface area contributed by atoms with E-state index < -0.39 is 0 Å². The van der Waals surface area contributed by atoms with Gasteiger partial charge in [-0.2, -0.15) is 0 Å². The van der Waals surface area contributed by atoms with Crippen LogP contribution in [0.5, 0.6) is 0 Å². The number of rotatable bonds is 1. The third kappa shape index (κ3) is 2.19. The van der Waals surface area contributed by atoms with E-state index in [4.69, 9.17) is 0 Å². The number of fused-ring (bicyclic) bond motifs is 1. The second-order valence-electron chi connectivity index (χ2n) is 4.58. The van der Waals surface area contributed by atoms with E-state index in [1.165, 1.54) is 5.56 Å². The van der Waals surface area contributed by atoms with Gasteiger partial charge in [0.15, 0.2) is 0 Å². The quantitative estimate of drug-likeness (QED) is 0.798. The molecule has 0 spiro atoms. The minimum Gasteiger partial charge on any atom is -0.317 e. The number of aromatic amines is 1. The minimum absolute atomic E-state index is 0.110. The van der Waals surface area contributed by atoms with Gasteiger partial charge in [0.05, 0.1) is 5.03 Å². The summed E-state index contributed by atoms with van der Waals surface area (Å²) >= 11 is 1.70. The lowest BCUT2D eigenvalue weighted by atomic mass is 9.90. The maximum absolute atomic E-state index is 12.1. The predicted octanol–water partition coefficient (Wildman–Crippen LogP) is 1.96. The molecule has 2 N–H and O–H groups in total. The topological polar surface area (TPSA) is 44.9 Å². The van der Waals surface area contributed by atoms with Crippen molar-refractivity contribution in [3.8, 4) is 0 Å². The van der Waals surface area contributed by atoms with Gasteiger partial charge in [0.1, 0.15) is 0 Å². The zero-order chi connectivity index (χ0) is 11.7. The predicted molar refractivity (Wildman–Crippen MR) is 71.7 cm³/mol. The van der Waals surface area contributed by atoms with Crippen LogP contribution < -0.4 is 10.9 Å². The first-order chi connectivity index (χ1) is 8.34. The van der Waals surface area contributed by atoms with E-state index in [0.29, 0.717) is 5.92 Å². The van der Waals surface area contributed by atoms with Crippen LogP contribution in [0.2, 0.25) is 0 Å². The molecule has 1 aromatic heterocycles. The second-order valence-corrected chi connectivity index (χ2v) is 5.61. The lowest BCUT2D eigenvalue weighted by molar-refractivity contribution is 0.457. The average Bonchev–Trinajstić information content (AvgIpc) is 2.39. The third-order valence-corrected chi connectivity index (χ3v) is 4.45. The highest BCUT2D eigenvalue weighted by Crippen LogP contribution is 2.29. The lowest BCUT2D eigenvalue weighted by Gasteiger charge is -2.23. The molecule has 1 fully saturated rings. The first-order valence-electron chi connectivity index (χ1n) is 6.12. The molecule has 0 aliphatic carbocycles. The fourth-order valence-corrected chi connectivity index (χ4v) is 3.35. The zero-order valence-electron chi connectivity index (χ0n) is 9.66. The molecule has 0 bridgehead atoms. The average molecular weight is 248 g/mol. The Labute approximate surface area is 105 Å². The van der Waals surface area contributed by atoms with Gasteiger partial charge in [-0.15, -0.1) is 11.8 Å². The van der Waals surface area contributed by atoms with Crippen molar-refractivity contribution < 1.29 is 0 Å². The normalized spacial score (nSPS) is 20.2. The van der Waals surface area contributed by atoms with Gasteiger partial charge in [-0.25, -0.2) is 0 Å². The van der Waals surface area contributed by atoms with Crippen LogP contribution in [0.1, 0.15) is 29.9 Å². The molecule has 2 aliphatic rings. The molecule has 1 aromatic rings. The Balaban J connectivity index is 1.99. The van der Waals surface area contributed by atoms with Crippen molar-refractivity contribution in [3.05, 3.63) is 33.6 Å². The van der Waals surface area contributed by atoms with Crippen molar-refractivity contribution in [1.82, 2.24) is 10.3 Å². The Kier molecular flexibility index (Phi) is 3.07. The van der Waals surface area contributed by atoms with Crippen LogP contribution in [0.3, 0.4) is 0 Å². The van der Waals surface area contributed by atoms with Crippen molar-refractivity contribution in [2.45, 2.75) is 23.8 Å². The highest BCUT2D eigenvalue weighted by Gasteiger charge is 2.20. The number of H-pyrrole nitrogens is 1. The molecule has 0 aromatic carbocycles. The molecule has 3 rings (SSSR count). The molecule has 1 saturated heterocycles. The number of aromatic nitrogens is 1. The number of pyridine rings is 1. The minimum atomic E-state index is 0.110. The molecule has 0 atom stereocenters. The highest BCUT2D eigenvalue weighted by molar-refractivity contribution is 7.99. The fourth-order valence-electron chi connectivity index (χ4n) is 2.53. The highest BCUT2D eigenvalue weighted by atomic mass is 32.2. The van der Waals surface area contributed by atoms with Gasteiger partial charge < -0.3 is 10.3 Å². The van der Waals surface area contributed by atoms with E-state index in [1.54, 1.807) is 11.8 Å². The van der Waals surface area contributed by atoms with E-state index in [9.17, 15) is 4.79 Å². The molecular formula is C13H16N2OS. The van der Waals surface area contributed by atoms with E-state index in [1.807, 2.05) is 0 Å². The standard InChI is InChI=1S/C13H16N2OS/c16-12-11(9-3-5-14-6-4-9)8-10-2-1-7-17-13(10)15-12/h1-2,8-9,14H,3-7H2,(H,15,16).